The van der Waals surface area contributed by atoms with Crippen LogP contribution in [0, 0.1) is 11.3 Å². The van der Waals surface area contributed by atoms with Crippen LogP contribution >= 0.6 is 0 Å². The van der Waals surface area contributed by atoms with Crippen LogP contribution in [-0.4, -0.2) is 4.57 Å². The van der Waals surface area contributed by atoms with Gasteiger partial charge in [-0.3, -0.25) is 0 Å². The molecule has 2 heteroatoms. The summed E-state index contributed by atoms with van der Waals surface area (Å²) in [6.45, 7) is 0.397. The van der Waals surface area contributed by atoms with Gasteiger partial charge in [-0.25, -0.2) is 0 Å². The van der Waals surface area contributed by atoms with E-state index in [0.29, 0.717) is 6.54 Å². The number of hydrogen-bond acceptors (Lipinski definition) is 1. The molecule has 2 aromatic carbocycles. The number of para-hydroxylation sites is 2. The maximum atomic E-state index is 8.89. The highest BCUT2D eigenvalue weighted by atomic mass is 15.0. The average Bonchev–Trinajstić information content (AvgIpc) is 2.66. The molecule has 0 spiro atoms. The van der Waals surface area contributed by atoms with Gasteiger partial charge in [0.25, 0.3) is 0 Å². The second-order valence-electron chi connectivity index (χ2n) is 3.78. The Bertz CT molecular complexity index is 648. The molecule has 1 heterocycles. The molecule has 0 saturated carbocycles. The molecule has 0 unspecified atom stereocenters. The van der Waals surface area contributed by atoms with E-state index in [-0.39, 0.29) is 0 Å². The van der Waals surface area contributed by atoms with Gasteiger partial charge in [-0.1, -0.05) is 36.4 Å². The molecule has 0 saturated heterocycles. The lowest BCUT2D eigenvalue weighted by Crippen LogP contribution is -1.93. The van der Waals surface area contributed by atoms with Gasteiger partial charge < -0.3 is 4.57 Å². The Kier molecular flexibility index (Phi) is 1.91. The van der Waals surface area contributed by atoms with Crippen molar-refractivity contribution >= 4 is 21.8 Å². The molecule has 0 atom stereocenters. The van der Waals surface area contributed by atoms with E-state index >= 15 is 0 Å². The lowest BCUT2D eigenvalue weighted by molar-refractivity contribution is 0.910. The lowest BCUT2D eigenvalue weighted by atomic mass is 10.2. The summed E-state index contributed by atoms with van der Waals surface area (Å²) in [5.41, 5.74) is 2.26. The maximum Gasteiger partial charge on any atom is 0.110 e. The number of nitrogens with zero attached hydrogens (tertiary/aromatic N) is 2. The molecule has 0 aliphatic heterocycles. The van der Waals surface area contributed by atoms with Gasteiger partial charge >= 0.3 is 0 Å². The van der Waals surface area contributed by atoms with E-state index < -0.39 is 0 Å². The minimum atomic E-state index is 0.397. The summed E-state index contributed by atoms with van der Waals surface area (Å²) in [7, 11) is 0. The lowest BCUT2D eigenvalue weighted by Gasteiger charge is -1.99. The minimum absolute atomic E-state index is 0.397. The van der Waals surface area contributed by atoms with Gasteiger partial charge in [-0.05, 0) is 12.1 Å². The summed E-state index contributed by atoms with van der Waals surface area (Å²) < 4.78 is 2.06. The Morgan fingerprint density at radius 1 is 0.875 bits per heavy atom. The van der Waals surface area contributed by atoms with Crippen molar-refractivity contribution < 1.29 is 0 Å². The molecule has 0 aliphatic rings. The van der Waals surface area contributed by atoms with Crippen LogP contribution in [0.15, 0.2) is 48.5 Å². The van der Waals surface area contributed by atoms with Gasteiger partial charge in [0.1, 0.15) is 6.54 Å². The van der Waals surface area contributed by atoms with Gasteiger partial charge in [-0.15, -0.1) is 0 Å². The van der Waals surface area contributed by atoms with Crippen LogP contribution in [0.4, 0.5) is 0 Å². The molecule has 3 aromatic rings. The first-order chi connectivity index (χ1) is 7.92. The molecule has 76 valence electrons. The second kappa shape index (κ2) is 3.39. The van der Waals surface area contributed by atoms with Gasteiger partial charge in [0.15, 0.2) is 0 Å². The Morgan fingerprint density at radius 2 is 1.38 bits per heavy atom. The van der Waals surface area contributed by atoms with Crippen molar-refractivity contribution in [2.24, 2.45) is 0 Å². The monoisotopic (exact) mass is 206 g/mol. The summed E-state index contributed by atoms with van der Waals surface area (Å²) in [6.07, 6.45) is 0. The second-order valence-corrected chi connectivity index (χ2v) is 3.78. The van der Waals surface area contributed by atoms with Crippen molar-refractivity contribution in [3.05, 3.63) is 48.5 Å². The fraction of sp³-hybridized carbons (Fsp3) is 0.0714. The fourth-order valence-electron chi connectivity index (χ4n) is 2.24. The molecular weight excluding hydrogens is 196 g/mol. The van der Waals surface area contributed by atoms with Crippen LogP contribution in [0.2, 0.25) is 0 Å². The average molecular weight is 206 g/mol. The topological polar surface area (TPSA) is 28.7 Å². The normalized spacial score (nSPS) is 10.7. The standard InChI is InChI=1S/C14H10N2/c15-9-10-16-13-7-3-1-5-11(13)12-6-2-4-8-14(12)16/h1-8H,10H2. The zero-order valence-corrected chi connectivity index (χ0v) is 8.72. The number of fused-ring (bicyclic) bond motifs is 3. The first kappa shape index (κ1) is 8.99. The smallest absolute Gasteiger partial charge is 0.110 e. The number of nitriles is 1. The van der Waals surface area contributed by atoms with Gasteiger partial charge in [-0.2, -0.15) is 5.26 Å². The molecule has 1 aromatic heterocycles. The quantitative estimate of drug-likeness (QED) is 0.600. The Balaban J connectivity index is 2.55. The number of benzene rings is 2. The summed E-state index contributed by atoms with van der Waals surface area (Å²) in [6, 6.07) is 18.6. The highest BCUT2D eigenvalue weighted by Crippen LogP contribution is 2.28. The summed E-state index contributed by atoms with van der Waals surface area (Å²) in [5, 5.41) is 11.3. The van der Waals surface area contributed by atoms with Crippen LogP contribution in [-0.2, 0) is 6.54 Å². The Hall–Kier alpha value is -2.27. The van der Waals surface area contributed by atoms with Gasteiger partial charge in [0.2, 0.25) is 0 Å². The molecule has 0 aliphatic carbocycles. The van der Waals surface area contributed by atoms with E-state index in [1.54, 1.807) is 0 Å². The van der Waals surface area contributed by atoms with Crippen LogP contribution < -0.4 is 0 Å². The third kappa shape index (κ3) is 1.12. The fourth-order valence-corrected chi connectivity index (χ4v) is 2.24. The van der Waals surface area contributed by atoms with Crippen molar-refractivity contribution in [1.82, 2.24) is 4.57 Å². The molecule has 16 heavy (non-hydrogen) atoms. The van der Waals surface area contributed by atoms with Crippen molar-refractivity contribution in [1.29, 1.82) is 5.26 Å². The molecule has 0 radical (unpaired) electrons. The molecule has 2 nitrogen and oxygen atoms in total. The minimum Gasteiger partial charge on any atom is -0.326 e. The molecule has 0 fully saturated rings. The van der Waals surface area contributed by atoms with Crippen LogP contribution in [0.1, 0.15) is 0 Å². The van der Waals surface area contributed by atoms with Crippen LogP contribution in [0.25, 0.3) is 21.8 Å². The highest BCUT2D eigenvalue weighted by molar-refractivity contribution is 6.07. The third-order valence-electron chi connectivity index (χ3n) is 2.91. The summed E-state index contributed by atoms with van der Waals surface area (Å²) in [5.74, 6) is 0. The zero-order chi connectivity index (χ0) is 11.0. The number of hydrogen-bond donors (Lipinski definition) is 0. The number of rotatable bonds is 1. The van der Waals surface area contributed by atoms with E-state index in [1.807, 2.05) is 24.3 Å². The van der Waals surface area contributed by atoms with Crippen molar-refractivity contribution in [3.8, 4) is 6.07 Å². The Labute approximate surface area is 93.3 Å². The van der Waals surface area contributed by atoms with E-state index in [9.17, 15) is 0 Å². The van der Waals surface area contributed by atoms with Crippen molar-refractivity contribution in [2.75, 3.05) is 0 Å². The third-order valence-corrected chi connectivity index (χ3v) is 2.91. The van der Waals surface area contributed by atoms with Crippen LogP contribution in [0.3, 0.4) is 0 Å². The molecule has 0 N–H and O–H groups in total. The van der Waals surface area contributed by atoms with E-state index in [0.717, 1.165) is 11.0 Å². The van der Waals surface area contributed by atoms with E-state index in [1.165, 1.54) is 10.8 Å². The molecule has 0 amide bonds. The van der Waals surface area contributed by atoms with Crippen LogP contribution in [0.5, 0.6) is 0 Å². The molecular formula is C14H10N2. The maximum absolute atomic E-state index is 8.89. The van der Waals surface area contributed by atoms with Gasteiger partial charge in [0.05, 0.1) is 17.1 Å². The largest absolute Gasteiger partial charge is 0.326 e. The predicted molar refractivity (Wildman–Crippen MR) is 65.1 cm³/mol. The summed E-state index contributed by atoms with van der Waals surface area (Å²) >= 11 is 0. The first-order valence-electron chi connectivity index (χ1n) is 5.25. The van der Waals surface area contributed by atoms with Gasteiger partial charge in [0, 0.05) is 10.8 Å². The van der Waals surface area contributed by atoms with Crippen molar-refractivity contribution in [3.63, 3.8) is 0 Å². The summed E-state index contributed by atoms with van der Waals surface area (Å²) in [4.78, 5) is 0. The van der Waals surface area contributed by atoms with Crippen molar-refractivity contribution in [2.45, 2.75) is 6.54 Å². The molecule has 3 rings (SSSR count). The predicted octanol–water partition coefficient (Wildman–Crippen LogP) is 3.32. The number of aromatic nitrogens is 1. The van der Waals surface area contributed by atoms with E-state index in [2.05, 4.69) is 34.9 Å². The molecule has 0 bridgehead atoms. The highest BCUT2D eigenvalue weighted by Gasteiger charge is 2.08. The zero-order valence-electron chi connectivity index (χ0n) is 8.72. The SMILES string of the molecule is N#CCn1c2ccccc2c2ccccc21. The Morgan fingerprint density at radius 3 is 1.88 bits per heavy atom. The van der Waals surface area contributed by atoms with E-state index in [4.69, 9.17) is 5.26 Å². The first-order valence-corrected chi connectivity index (χ1v) is 5.25.